The second-order valence-electron chi connectivity index (χ2n) is 5.26. The van der Waals surface area contributed by atoms with E-state index < -0.39 is 5.60 Å². The fourth-order valence-electron chi connectivity index (χ4n) is 1.98. The average molecular weight is 230 g/mol. The lowest BCUT2D eigenvalue weighted by Gasteiger charge is -2.30. The Morgan fingerprint density at radius 3 is 2.50 bits per heavy atom. The van der Waals surface area contributed by atoms with Gasteiger partial charge in [0.2, 0.25) is 0 Å². The first-order chi connectivity index (χ1) is 7.35. The molecule has 0 radical (unpaired) electrons. The van der Waals surface area contributed by atoms with Crippen molar-refractivity contribution in [3.63, 3.8) is 0 Å². The van der Waals surface area contributed by atoms with Gasteiger partial charge in [-0.1, -0.05) is 0 Å². The Bertz CT molecular complexity index is 250. The lowest BCUT2D eigenvalue weighted by Crippen LogP contribution is -2.45. The summed E-state index contributed by atoms with van der Waals surface area (Å²) in [5.74, 6) is 5.21. The number of nitrogens with zero attached hydrogens (tertiary/aromatic N) is 1. The van der Waals surface area contributed by atoms with Crippen molar-refractivity contribution in [1.82, 2.24) is 4.90 Å². The van der Waals surface area contributed by atoms with E-state index in [1.807, 2.05) is 20.8 Å². The van der Waals surface area contributed by atoms with Gasteiger partial charge in [-0.15, -0.1) is 0 Å². The third kappa shape index (κ3) is 3.35. The van der Waals surface area contributed by atoms with Gasteiger partial charge in [-0.3, -0.25) is 4.84 Å². The second kappa shape index (κ2) is 5.01. The Labute approximate surface area is 96.8 Å². The second-order valence-corrected chi connectivity index (χ2v) is 5.26. The zero-order chi connectivity index (χ0) is 12.3. The van der Waals surface area contributed by atoms with E-state index in [0.717, 1.165) is 19.3 Å². The fraction of sp³-hybridized carbons (Fsp3) is 0.909. The molecular weight excluding hydrogens is 208 g/mol. The molecule has 1 saturated carbocycles. The largest absolute Gasteiger partial charge is 0.444 e. The van der Waals surface area contributed by atoms with Crippen molar-refractivity contribution in [2.75, 3.05) is 7.05 Å². The first-order valence-electron chi connectivity index (χ1n) is 5.66. The summed E-state index contributed by atoms with van der Waals surface area (Å²) in [5.41, 5.74) is -0.469. The van der Waals surface area contributed by atoms with E-state index in [4.69, 9.17) is 15.5 Å². The number of carbonyl (C=O) groups is 1. The van der Waals surface area contributed by atoms with Gasteiger partial charge in [0.05, 0.1) is 12.1 Å². The Morgan fingerprint density at radius 2 is 2.00 bits per heavy atom. The van der Waals surface area contributed by atoms with Crippen LogP contribution in [0.5, 0.6) is 0 Å². The highest BCUT2D eigenvalue weighted by Gasteiger charge is 2.35. The molecule has 16 heavy (non-hydrogen) atoms. The van der Waals surface area contributed by atoms with Crippen LogP contribution in [0.4, 0.5) is 4.79 Å². The number of carbonyl (C=O) groups excluding carboxylic acids is 1. The Hall–Kier alpha value is -0.810. The molecule has 94 valence electrons. The van der Waals surface area contributed by atoms with E-state index in [2.05, 4.69) is 0 Å². The number of hydrogen-bond acceptors (Lipinski definition) is 4. The van der Waals surface area contributed by atoms with Crippen LogP contribution in [0.3, 0.4) is 0 Å². The summed E-state index contributed by atoms with van der Waals surface area (Å²) in [6, 6.07) is 0.0276. The van der Waals surface area contributed by atoms with Gasteiger partial charge in [-0.05, 0) is 40.0 Å². The van der Waals surface area contributed by atoms with Crippen molar-refractivity contribution < 1.29 is 14.4 Å². The average Bonchev–Trinajstić information content (AvgIpc) is 2.61. The molecule has 2 N–H and O–H groups in total. The van der Waals surface area contributed by atoms with Crippen LogP contribution < -0.4 is 5.90 Å². The molecule has 1 rings (SSSR count). The van der Waals surface area contributed by atoms with Crippen molar-refractivity contribution in [1.29, 1.82) is 0 Å². The van der Waals surface area contributed by atoms with Gasteiger partial charge in [0.15, 0.2) is 0 Å². The van der Waals surface area contributed by atoms with Crippen LogP contribution in [-0.2, 0) is 9.57 Å². The minimum Gasteiger partial charge on any atom is -0.444 e. The van der Waals surface area contributed by atoms with Gasteiger partial charge in [0, 0.05) is 7.05 Å². The molecule has 5 heteroatoms. The highest BCUT2D eigenvalue weighted by molar-refractivity contribution is 5.68. The molecule has 1 fully saturated rings. The normalized spacial score (nSPS) is 25.6. The molecule has 0 saturated heterocycles. The zero-order valence-electron chi connectivity index (χ0n) is 10.5. The minimum atomic E-state index is -0.469. The van der Waals surface area contributed by atoms with E-state index in [1.165, 1.54) is 0 Å². The third-order valence-corrected chi connectivity index (χ3v) is 2.77. The molecule has 1 aliphatic rings. The van der Waals surface area contributed by atoms with Crippen molar-refractivity contribution >= 4 is 6.09 Å². The van der Waals surface area contributed by atoms with Crippen molar-refractivity contribution in [3.05, 3.63) is 0 Å². The third-order valence-electron chi connectivity index (χ3n) is 2.77. The van der Waals surface area contributed by atoms with Crippen molar-refractivity contribution in [2.24, 2.45) is 5.90 Å². The Kier molecular flexibility index (Phi) is 4.15. The molecule has 1 amide bonds. The minimum absolute atomic E-state index is 0.0276. The summed E-state index contributed by atoms with van der Waals surface area (Å²) in [7, 11) is 1.73. The van der Waals surface area contributed by atoms with Crippen LogP contribution in [0.15, 0.2) is 0 Å². The molecular formula is C11H22N2O3. The molecule has 0 aromatic rings. The van der Waals surface area contributed by atoms with Crippen molar-refractivity contribution in [2.45, 2.75) is 57.8 Å². The number of nitrogens with two attached hydrogens (primary N) is 1. The van der Waals surface area contributed by atoms with Gasteiger partial charge in [-0.2, -0.15) is 0 Å². The standard InChI is InChI=1S/C11H22N2O3/c1-11(2,3)15-10(14)13(4)8-6-5-7-9(8)16-12/h8-9H,5-7,12H2,1-4H3/t8-,9-/m0/s1. The van der Waals surface area contributed by atoms with Crippen LogP contribution in [0.25, 0.3) is 0 Å². The number of likely N-dealkylation sites (N-methyl/N-ethyl adjacent to an activating group) is 1. The van der Waals surface area contributed by atoms with Gasteiger partial charge in [0.1, 0.15) is 5.60 Å². The van der Waals surface area contributed by atoms with Crippen LogP contribution in [0.2, 0.25) is 0 Å². The molecule has 0 aromatic carbocycles. The predicted octanol–water partition coefficient (Wildman–Crippen LogP) is 1.66. The number of amides is 1. The number of rotatable bonds is 2. The maximum Gasteiger partial charge on any atom is 0.410 e. The maximum absolute atomic E-state index is 11.8. The quantitative estimate of drug-likeness (QED) is 0.733. The number of hydrogen-bond donors (Lipinski definition) is 1. The molecule has 5 nitrogen and oxygen atoms in total. The van der Waals surface area contributed by atoms with E-state index in [-0.39, 0.29) is 18.2 Å². The molecule has 0 spiro atoms. The van der Waals surface area contributed by atoms with E-state index >= 15 is 0 Å². The lowest BCUT2D eigenvalue weighted by molar-refractivity contribution is -0.0143. The van der Waals surface area contributed by atoms with Gasteiger partial charge in [0.25, 0.3) is 0 Å². The van der Waals surface area contributed by atoms with E-state index in [0.29, 0.717) is 0 Å². The highest BCUT2D eigenvalue weighted by Crippen LogP contribution is 2.26. The summed E-state index contributed by atoms with van der Waals surface area (Å²) in [6.45, 7) is 5.55. The van der Waals surface area contributed by atoms with Crippen LogP contribution in [0, 0.1) is 0 Å². The maximum atomic E-state index is 11.8. The molecule has 2 atom stereocenters. The monoisotopic (exact) mass is 230 g/mol. The Morgan fingerprint density at radius 1 is 1.38 bits per heavy atom. The molecule has 0 aromatic heterocycles. The zero-order valence-corrected chi connectivity index (χ0v) is 10.5. The molecule has 0 heterocycles. The summed E-state index contributed by atoms with van der Waals surface area (Å²) >= 11 is 0. The highest BCUT2D eigenvalue weighted by atomic mass is 16.6. The van der Waals surface area contributed by atoms with E-state index in [9.17, 15) is 4.79 Å². The van der Waals surface area contributed by atoms with E-state index in [1.54, 1.807) is 11.9 Å². The first-order valence-corrected chi connectivity index (χ1v) is 5.66. The molecule has 0 unspecified atom stereocenters. The van der Waals surface area contributed by atoms with Crippen molar-refractivity contribution in [3.8, 4) is 0 Å². The SMILES string of the molecule is CN(C(=O)OC(C)(C)C)[C@H]1CCC[C@@H]1ON. The van der Waals surface area contributed by atoms with Gasteiger partial charge in [-0.25, -0.2) is 10.7 Å². The van der Waals surface area contributed by atoms with Gasteiger partial charge < -0.3 is 9.64 Å². The molecule has 0 aliphatic heterocycles. The van der Waals surface area contributed by atoms with Crippen LogP contribution in [-0.4, -0.2) is 35.8 Å². The first kappa shape index (κ1) is 13.3. The molecule has 0 bridgehead atoms. The fourth-order valence-corrected chi connectivity index (χ4v) is 1.98. The summed E-state index contributed by atoms with van der Waals surface area (Å²) in [4.78, 5) is 18.3. The number of ether oxygens (including phenoxy) is 1. The van der Waals surface area contributed by atoms with Crippen LogP contribution in [0.1, 0.15) is 40.0 Å². The summed E-state index contributed by atoms with van der Waals surface area (Å²) in [6.07, 6.45) is 2.45. The predicted molar refractivity (Wildman–Crippen MR) is 60.7 cm³/mol. The molecule has 1 aliphatic carbocycles. The smallest absolute Gasteiger partial charge is 0.410 e. The summed E-state index contributed by atoms with van der Waals surface area (Å²) < 4.78 is 5.30. The van der Waals surface area contributed by atoms with Crippen LogP contribution >= 0.6 is 0 Å². The lowest BCUT2D eigenvalue weighted by atomic mass is 10.2. The summed E-state index contributed by atoms with van der Waals surface area (Å²) in [5, 5.41) is 0. The Balaban J connectivity index is 2.56. The van der Waals surface area contributed by atoms with Gasteiger partial charge >= 0.3 is 6.09 Å². The topological polar surface area (TPSA) is 64.8 Å².